The lowest BCUT2D eigenvalue weighted by Crippen LogP contribution is -2.36. The van der Waals surface area contributed by atoms with Crippen LogP contribution in [0.15, 0.2) is 90.2 Å². The number of imidazole rings is 1. The van der Waals surface area contributed by atoms with E-state index in [1.54, 1.807) is 35.3 Å². The predicted octanol–water partition coefficient (Wildman–Crippen LogP) is 4.65. The van der Waals surface area contributed by atoms with Crippen LogP contribution in [0.2, 0.25) is 0 Å². The molecule has 1 aliphatic rings. The molecule has 0 saturated carbocycles. The highest BCUT2D eigenvalue weighted by atomic mass is 32.2. The number of para-hydroxylation sites is 1. The van der Waals surface area contributed by atoms with Gasteiger partial charge in [0.15, 0.2) is 0 Å². The van der Waals surface area contributed by atoms with E-state index in [0.717, 1.165) is 17.7 Å². The average Bonchev–Trinajstić information content (AvgIpc) is 3.26. The Balaban J connectivity index is 1.69. The number of ether oxygens (including phenoxy) is 1. The highest BCUT2D eigenvalue weighted by molar-refractivity contribution is 7.89. The minimum Gasteiger partial charge on any atom is -0.404 e. The van der Waals surface area contributed by atoms with E-state index in [9.17, 15) is 21.6 Å². The topological polar surface area (TPSA) is 77.3 Å². The molecule has 0 saturated heterocycles. The van der Waals surface area contributed by atoms with Gasteiger partial charge < -0.3 is 4.74 Å². The van der Waals surface area contributed by atoms with Gasteiger partial charge in [0, 0.05) is 30.7 Å². The molecule has 1 atom stereocenters. The normalized spacial score (nSPS) is 16.3. The van der Waals surface area contributed by atoms with Gasteiger partial charge in [0.1, 0.15) is 22.3 Å². The Morgan fingerprint density at radius 1 is 0.943 bits per heavy atom. The van der Waals surface area contributed by atoms with Crippen LogP contribution < -0.4 is 4.74 Å². The molecule has 0 fully saturated rings. The van der Waals surface area contributed by atoms with Gasteiger partial charge in [0.25, 0.3) is 0 Å². The molecular weight excluding hydrogens is 481 g/mol. The molecule has 35 heavy (non-hydrogen) atoms. The molecule has 0 radical (unpaired) electrons. The molecule has 1 aliphatic heterocycles. The first-order valence-electron chi connectivity index (χ1n) is 10.6. The smallest absolute Gasteiger partial charge is 0.404 e. The summed E-state index contributed by atoms with van der Waals surface area (Å²) in [5, 5.41) is 0. The maximum absolute atomic E-state index is 14.0. The number of fused-ring (bicyclic) bond motifs is 3. The van der Waals surface area contributed by atoms with Gasteiger partial charge in [0.2, 0.25) is 10.0 Å². The Morgan fingerprint density at radius 2 is 1.69 bits per heavy atom. The molecule has 3 heterocycles. The summed E-state index contributed by atoms with van der Waals surface area (Å²) in [6.45, 7) is -0.118. The minimum atomic E-state index is -5.05. The van der Waals surface area contributed by atoms with Gasteiger partial charge in [0.05, 0.1) is 6.04 Å². The third kappa shape index (κ3) is 4.52. The summed E-state index contributed by atoms with van der Waals surface area (Å²) in [5.74, 6) is 0.122. The summed E-state index contributed by atoms with van der Waals surface area (Å²) in [6.07, 6.45) is 0.0119. The van der Waals surface area contributed by atoms with Gasteiger partial charge in [-0.1, -0.05) is 48.5 Å². The fourth-order valence-electron chi connectivity index (χ4n) is 4.20. The van der Waals surface area contributed by atoms with E-state index in [0.29, 0.717) is 17.2 Å². The zero-order valence-electron chi connectivity index (χ0n) is 18.1. The summed E-state index contributed by atoms with van der Waals surface area (Å²) in [5.41, 5.74) is 1.42. The minimum absolute atomic E-state index is 0.118. The average molecular weight is 501 g/mol. The first-order chi connectivity index (χ1) is 16.7. The zero-order valence-corrected chi connectivity index (χ0v) is 18.9. The van der Waals surface area contributed by atoms with E-state index < -0.39 is 33.1 Å². The second kappa shape index (κ2) is 8.82. The highest BCUT2D eigenvalue weighted by Gasteiger charge is 2.41. The zero-order chi connectivity index (χ0) is 24.6. The van der Waals surface area contributed by atoms with E-state index in [-0.39, 0.29) is 13.0 Å². The summed E-state index contributed by atoms with van der Waals surface area (Å²) in [7, 11) is -4.49. The molecule has 0 amide bonds. The molecule has 0 N–H and O–H groups in total. The lowest BCUT2D eigenvalue weighted by atomic mass is 10.1. The first-order valence-corrected chi connectivity index (χ1v) is 12.1. The third-order valence-electron chi connectivity index (χ3n) is 5.67. The second-order valence-corrected chi connectivity index (χ2v) is 9.75. The van der Waals surface area contributed by atoms with Gasteiger partial charge in [-0.2, -0.15) is 4.31 Å². The Morgan fingerprint density at radius 3 is 2.46 bits per heavy atom. The van der Waals surface area contributed by atoms with E-state index >= 15 is 0 Å². The van der Waals surface area contributed by atoms with Crippen LogP contribution in [0, 0.1) is 0 Å². The van der Waals surface area contributed by atoms with Crippen LogP contribution in [0.25, 0.3) is 5.82 Å². The molecule has 180 valence electrons. The fraction of sp³-hybridized carbons (Fsp3) is 0.167. The summed E-state index contributed by atoms with van der Waals surface area (Å²) >= 11 is 0. The molecular formula is C24H19F3N4O3S. The Labute approximate surface area is 199 Å². The molecule has 4 aromatic rings. The van der Waals surface area contributed by atoms with Crippen LogP contribution in [0.1, 0.15) is 23.0 Å². The molecule has 0 bridgehead atoms. The number of hydrogen-bond donors (Lipinski definition) is 0. The largest absolute Gasteiger partial charge is 0.573 e. The van der Waals surface area contributed by atoms with Crippen molar-refractivity contribution in [2.24, 2.45) is 0 Å². The molecule has 1 unspecified atom stereocenters. The second-order valence-electron chi connectivity index (χ2n) is 7.89. The molecule has 0 spiro atoms. The van der Waals surface area contributed by atoms with Crippen molar-refractivity contribution < 1.29 is 26.3 Å². The highest BCUT2D eigenvalue weighted by Crippen LogP contribution is 2.39. The lowest BCUT2D eigenvalue weighted by Gasteiger charge is -2.29. The predicted molar refractivity (Wildman–Crippen MR) is 120 cm³/mol. The number of pyridine rings is 1. The number of alkyl halides is 3. The number of nitrogens with zero attached hydrogens (tertiary/aromatic N) is 4. The van der Waals surface area contributed by atoms with Crippen LogP contribution in [-0.2, 0) is 23.0 Å². The summed E-state index contributed by atoms with van der Waals surface area (Å²) < 4.78 is 74.2. The molecule has 2 aromatic heterocycles. The molecule has 11 heteroatoms. The first kappa shape index (κ1) is 23.1. The number of aromatic nitrogens is 3. The van der Waals surface area contributed by atoms with Gasteiger partial charge in [-0.05, 0) is 30.2 Å². The van der Waals surface area contributed by atoms with Crippen molar-refractivity contribution >= 4 is 10.0 Å². The SMILES string of the molecule is O=S(=O)(c1ccccc1OC(F)(F)F)N1Cc2cccnc2-n2ccnc2C1Cc1ccccc1. The number of sulfonamides is 1. The standard InChI is InChI=1S/C24H19F3N4O3S/c25-24(26,27)34-20-10-4-5-11-21(20)35(32,33)31-16-18-9-6-12-28-22(18)30-14-13-29-23(30)19(31)15-17-7-2-1-3-8-17/h1-14,19H,15-16H2. The van der Waals surface area contributed by atoms with Crippen LogP contribution in [-0.4, -0.2) is 33.6 Å². The number of halogens is 3. The summed E-state index contributed by atoms with van der Waals surface area (Å²) in [4.78, 5) is 8.27. The third-order valence-corrected chi connectivity index (χ3v) is 7.56. The van der Waals surface area contributed by atoms with Gasteiger partial charge in [-0.3, -0.25) is 4.57 Å². The van der Waals surface area contributed by atoms with E-state index in [1.165, 1.54) is 16.4 Å². The Bertz CT molecular complexity index is 1460. The van der Waals surface area contributed by atoms with E-state index in [4.69, 9.17) is 0 Å². The van der Waals surface area contributed by atoms with Gasteiger partial charge in [-0.15, -0.1) is 13.2 Å². The Kier molecular flexibility index (Phi) is 5.81. The fourth-order valence-corrected chi connectivity index (χ4v) is 5.88. The van der Waals surface area contributed by atoms with Crippen LogP contribution in [0.3, 0.4) is 0 Å². The van der Waals surface area contributed by atoms with Crippen molar-refractivity contribution in [1.82, 2.24) is 18.8 Å². The van der Waals surface area contributed by atoms with Crippen molar-refractivity contribution in [3.8, 4) is 11.6 Å². The molecule has 2 aromatic carbocycles. The van der Waals surface area contributed by atoms with Crippen molar-refractivity contribution in [1.29, 1.82) is 0 Å². The van der Waals surface area contributed by atoms with E-state index in [1.807, 2.05) is 30.3 Å². The maximum Gasteiger partial charge on any atom is 0.573 e. The number of rotatable bonds is 5. The van der Waals surface area contributed by atoms with Crippen molar-refractivity contribution in [3.63, 3.8) is 0 Å². The van der Waals surface area contributed by atoms with Crippen molar-refractivity contribution in [2.75, 3.05) is 0 Å². The van der Waals surface area contributed by atoms with E-state index in [2.05, 4.69) is 14.7 Å². The van der Waals surface area contributed by atoms with Crippen LogP contribution in [0.4, 0.5) is 13.2 Å². The maximum atomic E-state index is 14.0. The quantitative estimate of drug-likeness (QED) is 0.399. The number of benzene rings is 2. The van der Waals surface area contributed by atoms with Crippen molar-refractivity contribution in [2.45, 2.75) is 30.3 Å². The van der Waals surface area contributed by atoms with Crippen LogP contribution >= 0.6 is 0 Å². The van der Waals surface area contributed by atoms with Crippen LogP contribution in [0.5, 0.6) is 5.75 Å². The monoisotopic (exact) mass is 500 g/mol. The van der Waals surface area contributed by atoms with Gasteiger partial charge >= 0.3 is 6.36 Å². The van der Waals surface area contributed by atoms with Crippen molar-refractivity contribution in [3.05, 3.63) is 102 Å². The summed E-state index contributed by atoms with van der Waals surface area (Å²) in [6, 6.07) is 16.5. The lowest BCUT2D eigenvalue weighted by molar-refractivity contribution is -0.275. The molecule has 5 rings (SSSR count). The number of hydrogen-bond acceptors (Lipinski definition) is 5. The Hall–Kier alpha value is -3.70. The molecule has 7 nitrogen and oxygen atoms in total. The van der Waals surface area contributed by atoms with Gasteiger partial charge in [-0.25, -0.2) is 18.4 Å². The molecule has 0 aliphatic carbocycles.